The summed E-state index contributed by atoms with van der Waals surface area (Å²) in [6, 6.07) is 11.9. The van der Waals surface area contributed by atoms with Gasteiger partial charge >= 0.3 is 22.2 Å². The van der Waals surface area contributed by atoms with Crippen molar-refractivity contribution in [1.29, 1.82) is 0 Å². The van der Waals surface area contributed by atoms with Gasteiger partial charge in [0.1, 0.15) is 23.1 Å². The van der Waals surface area contributed by atoms with Gasteiger partial charge in [-0.2, -0.15) is 8.42 Å². The maximum Gasteiger partial charge on any atom is 0.408 e. The van der Waals surface area contributed by atoms with Crippen molar-refractivity contribution in [3.8, 4) is 11.5 Å². The van der Waals surface area contributed by atoms with Crippen LogP contribution in [0.25, 0.3) is 0 Å². The van der Waals surface area contributed by atoms with E-state index in [0.29, 0.717) is 16.9 Å². The van der Waals surface area contributed by atoms with Gasteiger partial charge < -0.3 is 28.4 Å². The smallest absolute Gasteiger partial charge is 0.408 e. The molecule has 3 rings (SSSR count). The van der Waals surface area contributed by atoms with E-state index in [2.05, 4.69) is 5.32 Å². The van der Waals surface area contributed by atoms with E-state index < -0.39 is 38.6 Å². The van der Waals surface area contributed by atoms with Crippen LogP contribution in [-0.2, 0) is 40.3 Å². The molecule has 0 saturated carbocycles. The van der Waals surface area contributed by atoms with Crippen LogP contribution in [0.3, 0.4) is 0 Å². The fourth-order valence-electron chi connectivity index (χ4n) is 3.55. The molecule has 0 bridgehead atoms. The van der Waals surface area contributed by atoms with E-state index in [4.69, 9.17) is 23.1 Å². The number of methoxy groups -OCH3 is 2. The zero-order valence-corrected chi connectivity index (χ0v) is 21.7. The number of carbonyl (C=O) groups excluding carboxylic acids is 2. The third kappa shape index (κ3) is 6.27. The first kappa shape index (κ1) is 27.3. The molecule has 1 fully saturated rings. The van der Waals surface area contributed by atoms with E-state index in [1.54, 1.807) is 57.2 Å². The summed E-state index contributed by atoms with van der Waals surface area (Å²) < 4.78 is 51.0. The monoisotopic (exact) mass is 521 g/mol. The first-order valence-corrected chi connectivity index (χ1v) is 12.6. The maximum atomic E-state index is 13.2. The molecule has 0 unspecified atom stereocenters. The third-order valence-corrected chi connectivity index (χ3v) is 7.35. The number of hydrogen-bond acceptors (Lipinski definition) is 9. The number of esters is 1. The van der Waals surface area contributed by atoms with Crippen LogP contribution in [0, 0.1) is 0 Å². The molecule has 0 radical (unpaired) electrons. The fourth-order valence-corrected chi connectivity index (χ4v) is 4.95. The molecule has 0 spiro atoms. The number of hydrogen-bond donors (Lipinski definition) is 1. The average molecular weight is 522 g/mol. The Bertz CT molecular complexity index is 1170. The molecule has 1 atom stereocenters. The second-order valence-corrected chi connectivity index (χ2v) is 11.2. The van der Waals surface area contributed by atoms with Crippen molar-refractivity contribution in [2.45, 2.75) is 43.6 Å². The van der Waals surface area contributed by atoms with Gasteiger partial charge in [-0.1, -0.05) is 24.3 Å². The fraction of sp³-hybridized carbons (Fsp3) is 0.440. The van der Waals surface area contributed by atoms with Crippen LogP contribution in [0.4, 0.5) is 4.79 Å². The van der Waals surface area contributed by atoms with Crippen molar-refractivity contribution in [1.82, 2.24) is 5.32 Å². The van der Waals surface area contributed by atoms with Gasteiger partial charge in [-0.3, -0.25) is 0 Å². The van der Waals surface area contributed by atoms with Crippen molar-refractivity contribution < 1.29 is 41.1 Å². The van der Waals surface area contributed by atoms with Crippen molar-refractivity contribution in [2.75, 3.05) is 27.4 Å². The van der Waals surface area contributed by atoms with Crippen molar-refractivity contribution >= 4 is 22.2 Å². The Balaban J connectivity index is 1.72. The first-order chi connectivity index (χ1) is 16.9. The van der Waals surface area contributed by atoms with Crippen molar-refractivity contribution in [3.05, 3.63) is 59.7 Å². The van der Waals surface area contributed by atoms with Crippen LogP contribution in [0.1, 0.15) is 31.9 Å². The number of alkyl carbamates (subject to hydrolysis) is 1. The zero-order chi connectivity index (χ0) is 26.6. The highest BCUT2D eigenvalue weighted by atomic mass is 32.2. The molecule has 1 amide bonds. The molecule has 1 heterocycles. The second-order valence-electron chi connectivity index (χ2n) is 9.32. The number of rotatable bonds is 9. The Kier molecular flexibility index (Phi) is 8.15. The second kappa shape index (κ2) is 10.8. The summed E-state index contributed by atoms with van der Waals surface area (Å²) in [5, 5.41) is 2.50. The van der Waals surface area contributed by atoms with Crippen molar-refractivity contribution in [3.63, 3.8) is 0 Å². The summed E-state index contributed by atoms with van der Waals surface area (Å²) >= 11 is 0. The van der Waals surface area contributed by atoms with Gasteiger partial charge in [-0.15, -0.1) is 0 Å². The lowest BCUT2D eigenvalue weighted by atomic mass is 9.96. The van der Waals surface area contributed by atoms with Gasteiger partial charge in [0, 0.05) is 6.42 Å². The molecule has 10 nitrogen and oxygen atoms in total. The third-order valence-electron chi connectivity index (χ3n) is 5.51. The summed E-state index contributed by atoms with van der Waals surface area (Å²) in [5.41, 5.74) is 0.451. The number of benzene rings is 2. The molecule has 0 aliphatic carbocycles. The molecule has 1 aliphatic heterocycles. The van der Waals surface area contributed by atoms with Gasteiger partial charge in [0.25, 0.3) is 0 Å². The van der Waals surface area contributed by atoms with Crippen LogP contribution in [0.15, 0.2) is 48.5 Å². The van der Waals surface area contributed by atoms with Crippen molar-refractivity contribution in [2.24, 2.45) is 0 Å². The minimum Gasteiger partial charge on any atom is -0.497 e. The SMILES string of the molecule is COC(=O)[C@H](Cc1ccc(OS(=O)(=O)C2(c3ccc(OC)cc3)COC2)cc1)NC(=O)OC(C)(C)C. The Hall–Kier alpha value is -3.31. The maximum absolute atomic E-state index is 13.2. The van der Waals surface area contributed by atoms with Gasteiger partial charge in [-0.25, -0.2) is 9.59 Å². The van der Waals surface area contributed by atoms with E-state index in [9.17, 15) is 18.0 Å². The first-order valence-electron chi connectivity index (χ1n) is 11.2. The standard InChI is InChI=1S/C25H31NO9S/c1-24(2,3)34-23(28)26-21(22(27)32-5)14-17-6-10-20(11-7-17)35-36(29,30)25(15-33-16-25)18-8-12-19(31-4)13-9-18/h6-13,21H,14-16H2,1-5H3,(H,26,28)/t21-/m0/s1. The summed E-state index contributed by atoms with van der Waals surface area (Å²) in [7, 11) is -1.36. The predicted molar refractivity (Wildman–Crippen MR) is 130 cm³/mol. The summed E-state index contributed by atoms with van der Waals surface area (Å²) in [6.07, 6.45) is -0.654. The van der Waals surface area contributed by atoms with Gasteiger partial charge in [-0.05, 0) is 56.2 Å². The van der Waals surface area contributed by atoms with E-state index in [-0.39, 0.29) is 25.4 Å². The van der Waals surface area contributed by atoms with Crippen LogP contribution < -0.4 is 14.2 Å². The van der Waals surface area contributed by atoms with Gasteiger partial charge in [0.15, 0.2) is 4.75 Å². The highest BCUT2D eigenvalue weighted by Crippen LogP contribution is 2.40. The molecular formula is C25H31NO9S. The Morgan fingerprint density at radius 1 is 1.00 bits per heavy atom. The van der Waals surface area contributed by atoms with E-state index in [1.165, 1.54) is 26.4 Å². The molecule has 2 aromatic rings. The molecule has 2 aromatic carbocycles. The molecule has 0 aromatic heterocycles. The Morgan fingerprint density at radius 3 is 2.06 bits per heavy atom. The topological polar surface area (TPSA) is 126 Å². The van der Waals surface area contributed by atoms with Crippen LogP contribution in [-0.4, -0.2) is 59.6 Å². The van der Waals surface area contributed by atoms with Crippen LogP contribution >= 0.6 is 0 Å². The minimum atomic E-state index is -4.11. The van der Waals surface area contributed by atoms with E-state index >= 15 is 0 Å². The minimum absolute atomic E-state index is 0.0309. The molecule has 1 N–H and O–H groups in total. The van der Waals surface area contributed by atoms with Crippen LogP contribution in [0.5, 0.6) is 11.5 Å². The molecule has 36 heavy (non-hydrogen) atoms. The largest absolute Gasteiger partial charge is 0.497 e. The van der Waals surface area contributed by atoms with Crippen LogP contribution in [0.2, 0.25) is 0 Å². The average Bonchev–Trinajstić information content (AvgIpc) is 2.77. The lowest BCUT2D eigenvalue weighted by Gasteiger charge is -2.39. The summed E-state index contributed by atoms with van der Waals surface area (Å²) in [5.74, 6) is 0.0675. The number of amides is 1. The summed E-state index contributed by atoms with van der Waals surface area (Å²) in [4.78, 5) is 24.3. The van der Waals surface area contributed by atoms with E-state index in [1.807, 2.05) is 0 Å². The highest BCUT2D eigenvalue weighted by molar-refractivity contribution is 7.88. The lowest BCUT2D eigenvalue weighted by molar-refractivity contribution is -0.143. The number of nitrogens with one attached hydrogen (secondary N) is 1. The Labute approximate surface area is 211 Å². The molecule has 1 saturated heterocycles. The van der Waals surface area contributed by atoms with E-state index in [0.717, 1.165) is 0 Å². The molecule has 1 aliphatic rings. The molecular weight excluding hydrogens is 490 g/mol. The zero-order valence-electron chi connectivity index (χ0n) is 20.9. The highest BCUT2D eigenvalue weighted by Gasteiger charge is 2.54. The molecule has 11 heteroatoms. The lowest BCUT2D eigenvalue weighted by Crippen LogP contribution is -2.54. The normalized spacial score (nSPS) is 15.7. The quantitative estimate of drug-likeness (QED) is 0.391. The van der Waals surface area contributed by atoms with Gasteiger partial charge in [0.05, 0.1) is 27.4 Å². The van der Waals surface area contributed by atoms with Gasteiger partial charge in [0.2, 0.25) is 0 Å². The number of carbonyl (C=O) groups is 2. The Morgan fingerprint density at radius 2 is 1.58 bits per heavy atom. The predicted octanol–water partition coefficient (Wildman–Crippen LogP) is 2.94. The molecule has 196 valence electrons. The number of ether oxygens (including phenoxy) is 4. The summed E-state index contributed by atoms with van der Waals surface area (Å²) in [6.45, 7) is 5.07.